The van der Waals surface area contributed by atoms with Gasteiger partial charge in [0, 0.05) is 25.8 Å². The van der Waals surface area contributed by atoms with Gasteiger partial charge < -0.3 is 15.0 Å². The van der Waals surface area contributed by atoms with Gasteiger partial charge in [-0.3, -0.25) is 19.9 Å². The predicted molar refractivity (Wildman–Crippen MR) is 114 cm³/mol. The van der Waals surface area contributed by atoms with E-state index in [4.69, 9.17) is 16.3 Å². The third-order valence-corrected chi connectivity index (χ3v) is 6.05. The molecule has 2 unspecified atom stereocenters. The number of likely N-dealkylation sites (tertiary alicyclic amines) is 1. The molecule has 0 bridgehead atoms. The zero-order chi connectivity index (χ0) is 22.5. The highest BCUT2D eigenvalue weighted by molar-refractivity contribution is 6.35. The van der Waals surface area contributed by atoms with Crippen LogP contribution in [0.25, 0.3) is 10.9 Å². The number of nitro benzene ring substituents is 1. The van der Waals surface area contributed by atoms with E-state index in [1.807, 2.05) is 20.8 Å². The van der Waals surface area contributed by atoms with Crippen molar-refractivity contribution in [1.29, 1.82) is 0 Å². The SMILES string of the molecule is CC(C)(C)OC(=O)N1CC2C(CNC(=O)c3cc(Cl)c([N+](=O)[O-])c4cccnc34)C2C1. The number of nitro groups is 1. The molecule has 1 saturated carbocycles. The number of aromatic nitrogens is 1. The van der Waals surface area contributed by atoms with E-state index in [0.717, 1.165) is 0 Å². The molecule has 1 aliphatic heterocycles. The summed E-state index contributed by atoms with van der Waals surface area (Å²) in [7, 11) is 0. The molecule has 1 aromatic carbocycles. The Morgan fingerprint density at radius 1 is 1.35 bits per heavy atom. The lowest BCUT2D eigenvalue weighted by atomic mass is 10.1. The van der Waals surface area contributed by atoms with E-state index in [-0.39, 0.29) is 45.1 Å². The second-order valence-electron chi connectivity index (χ2n) is 9.00. The lowest BCUT2D eigenvalue weighted by Crippen LogP contribution is -2.38. The lowest BCUT2D eigenvalue weighted by molar-refractivity contribution is -0.382. The summed E-state index contributed by atoms with van der Waals surface area (Å²) >= 11 is 6.09. The summed E-state index contributed by atoms with van der Waals surface area (Å²) < 4.78 is 5.41. The predicted octanol–water partition coefficient (Wildman–Crippen LogP) is 3.64. The Morgan fingerprint density at radius 2 is 2.03 bits per heavy atom. The second kappa shape index (κ2) is 7.64. The summed E-state index contributed by atoms with van der Waals surface area (Å²) in [5.41, 5.74) is -0.351. The van der Waals surface area contributed by atoms with Crippen LogP contribution < -0.4 is 5.32 Å². The average Bonchev–Trinajstić information content (AvgIpc) is 3.12. The summed E-state index contributed by atoms with van der Waals surface area (Å²) in [6.07, 6.45) is 1.17. The Morgan fingerprint density at radius 3 is 2.65 bits per heavy atom. The molecular weight excluding hydrogens is 424 g/mol. The fourth-order valence-corrected chi connectivity index (χ4v) is 4.58. The number of benzene rings is 1. The number of halogens is 1. The summed E-state index contributed by atoms with van der Waals surface area (Å²) in [6.45, 7) is 7.20. The maximum Gasteiger partial charge on any atom is 0.410 e. The van der Waals surface area contributed by atoms with Crippen molar-refractivity contribution in [3.63, 3.8) is 0 Å². The van der Waals surface area contributed by atoms with E-state index < -0.39 is 10.5 Å². The van der Waals surface area contributed by atoms with Crippen LogP contribution >= 0.6 is 11.6 Å². The minimum absolute atomic E-state index is 0.105. The third kappa shape index (κ3) is 4.14. The summed E-state index contributed by atoms with van der Waals surface area (Å²) in [6, 6.07) is 4.39. The maximum atomic E-state index is 12.8. The first kappa shape index (κ1) is 21.3. The van der Waals surface area contributed by atoms with Gasteiger partial charge in [-0.15, -0.1) is 0 Å². The van der Waals surface area contributed by atoms with Crippen molar-refractivity contribution in [3.05, 3.63) is 45.1 Å². The van der Waals surface area contributed by atoms with E-state index in [1.165, 1.54) is 18.3 Å². The van der Waals surface area contributed by atoms with Gasteiger partial charge in [-0.25, -0.2) is 4.79 Å². The Balaban J connectivity index is 1.40. The Labute approximate surface area is 183 Å². The first-order valence-electron chi connectivity index (χ1n) is 10.0. The third-order valence-electron chi connectivity index (χ3n) is 5.76. The molecule has 9 nitrogen and oxygen atoms in total. The quantitative estimate of drug-likeness (QED) is 0.566. The van der Waals surface area contributed by atoms with Crippen LogP contribution in [0.5, 0.6) is 0 Å². The summed E-state index contributed by atoms with van der Waals surface area (Å²) in [4.78, 5) is 41.7. The molecule has 1 saturated heterocycles. The number of pyridine rings is 1. The number of carbonyl (C=O) groups is 2. The highest BCUT2D eigenvalue weighted by atomic mass is 35.5. The molecule has 10 heteroatoms. The van der Waals surface area contributed by atoms with Gasteiger partial charge in [0.2, 0.25) is 0 Å². The minimum atomic E-state index is -0.574. The molecule has 1 aliphatic carbocycles. The first-order valence-corrected chi connectivity index (χ1v) is 10.4. The van der Waals surface area contributed by atoms with Crippen LogP contribution in [0.1, 0.15) is 31.1 Å². The highest BCUT2D eigenvalue weighted by Gasteiger charge is 2.56. The number of hydrogen-bond donors (Lipinski definition) is 1. The van der Waals surface area contributed by atoms with Crippen LogP contribution in [0.15, 0.2) is 24.4 Å². The number of piperidine rings is 1. The number of amides is 2. The zero-order valence-corrected chi connectivity index (χ0v) is 18.2. The molecule has 0 spiro atoms. The van der Waals surface area contributed by atoms with Crippen LogP contribution in [0, 0.1) is 27.9 Å². The van der Waals surface area contributed by atoms with E-state index in [2.05, 4.69) is 10.3 Å². The molecule has 2 fully saturated rings. The number of nitrogens with zero attached hydrogens (tertiary/aromatic N) is 3. The van der Waals surface area contributed by atoms with Gasteiger partial charge >= 0.3 is 6.09 Å². The molecule has 4 rings (SSSR count). The molecule has 2 aromatic rings. The van der Waals surface area contributed by atoms with E-state index in [9.17, 15) is 19.7 Å². The van der Waals surface area contributed by atoms with Crippen LogP contribution in [0.3, 0.4) is 0 Å². The average molecular weight is 447 g/mol. The number of ether oxygens (including phenoxy) is 1. The smallest absolute Gasteiger partial charge is 0.410 e. The van der Waals surface area contributed by atoms with Crippen molar-refractivity contribution < 1.29 is 19.2 Å². The maximum absolute atomic E-state index is 12.8. The summed E-state index contributed by atoms with van der Waals surface area (Å²) in [5.74, 6) is 0.580. The molecule has 2 aliphatic rings. The lowest BCUT2D eigenvalue weighted by Gasteiger charge is -2.26. The van der Waals surface area contributed by atoms with Gasteiger partial charge in [0.25, 0.3) is 11.6 Å². The van der Waals surface area contributed by atoms with Crippen LogP contribution in [-0.2, 0) is 4.74 Å². The molecule has 2 atom stereocenters. The molecule has 2 heterocycles. The zero-order valence-electron chi connectivity index (χ0n) is 17.4. The van der Waals surface area contributed by atoms with Gasteiger partial charge in [-0.2, -0.15) is 0 Å². The topological polar surface area (TPSA) is 115 Å². The van der Waals surface area contributed by atoms with Gasteiger partial charge in [0.1, 0.15) is 10.6 Å². The highest BCUT2D eigenvalue weighted by Crippen LogP contribution is 2.51. The van der Waals surface area contributed by atoms with E-state index >= 15 is 0 Å². The van der Waals surface area contributed by atoms with Crippen molar-refractivity contribution in [2.24, 2.45) is 17.8 Å². The first-order chi connectivity index (χ1) is 14.6. The molecule has 2 amide bonds. The molecule has 1 N–H and O–H groups in total. The van der Waals surface area contributed by atoms with E-state index in [1.54, 1.807) is 11.0 Å². The molecule has 1 aromatic heterocycles. The number of fused-ring (bicyclic) bond motifs is 2. The minimum Gasteiger partial charge on any atom is -0.444 e. The normalized spacial score (nSPS) is 22.2. The van der Waals surface area contributed by atoms with Crippen LogP contribution in [0.2, 0.25) is 5.02 Å². The number of rotatable bonds is 4. The largest absolute Gasteiger partial charge is 0.444 e. The number of carbonyl (C=O) groups excluding carboxylic acids is 2. The van der Waals surface area contributed by atoms with Crippen molar-refractivity contribution in [3.8, 4) is 0 Å². The number of hydrogen-bond acceptors (Lipinski definition) is 6. The fraction of sp³-hybridized carbons (Fsp3) is 0.476. The molecular formula is C21H23ClN4O5. The molecule has 0 radical (unpaired) electrons. The van der Waals surface area contributed by atoms with Gasteiger partial charge in [0.15, 0.2) is 0 Å². The fourth-order valence-electron chi connectivity index (χ4n) is 4.30. The summed E-state index contributed by atoms with van der Waals surface area (Å²) in [5, 5.41) is 14.4. The van der Waals surface area contributed by atoms with Gasteiger partial charge in [0.05, 0.1) is 21.4 Å². The molecule has 31 heavy (non-hydrogen) atoms. The number of nitrogens with one attached hydrogen (secondary N) is 1. The van der Waals surface area contributed by atoms with Crippen molar-refractivity contribution in [2.45, 2.75) is 26.4 Å². The Bertz CT molecular complexity index is 1070. The second-order valence-corrected chi connectivity index (χ2v) is 9.41. The monoisotopic (exact) mass is 446 g/mol. The van der Waals surface area contributed by atoms with Crippen molar-refractivity contribution >= 4 is 40.2 Å². The van der Waals surface area contributed by atoms with Gasteiger partial charge in [-0.05, 0) is 56.7 Å². The Kier molecular flexibility index (Phi) is 5.25. The molecule has 164 valence electrons. The van der Waals surface area contributed by atoms with Crippen LogP contribution in [-0.4, -0.2) is 52.0 Å². The standard InChI is InChI=1S/C21H23ClN4O5/c1-21(2,3)31-20(28)25-9-14-13(15(14)10-25)8-24-19(27)12-7-16(22)18(26(29)30)11-5-4-6-23-17(11)12/h4-7,13-15H,8-10H2,1-3H3,(H,24,27). The van der Waals surface area contributed by atoms with Crippen molar-refractivity contribution in [2.75, 3.05) is 19.6 Å². The van der Waals surface area contributed by atoms with Gasteiger partial charge in [-0.1, -0.05) is 11.6 Å². The van der Waals surface area contributed by atoms with Crippen LogP contribution in [0.4, 0.5) is 10.5 Å². The van der Waals surface area contributed by atoms with E-state index in [0.29, 0.717) is 31.5 Å². The Hall–Kier alpha value is -2.94. The van der Waals surface area contributed by atoms with Crippen molar-refractivity contribution in [1.82, 2.24) is 15.2 Å².